The lowest BCUT2D eigenvalue weighted by atomic mass is 10.0. The van der Waals surface area contributed by atoms with Crippen LogP contribution in [-0.2, 0) is 5.88 Å². The number of carboxylic acid groups (broad SMARTS) is 1. The van der Waals surface area contributed by atoms with Crippen LogP contribution in [0.1, 0.15) is 21.5 Å². The molecule has 1 aromatic rings. The van der Waals surface area contributed by atoms with Gasteiger partial charge in [-0.2, -0.15) is 5.26 Å². The number of hydrogen-bond donors (Lipinski definition) is 2. The molecular weight excluding hydrogens is 206 g/mol. The molecule has 0 fully saturated rings. The second kappa shape index (κ2) is 3.99. The molecule has 0 aliphatic heterocycles. The van der Waals surface area contributed by atoms with Gasteiger partial charge in [-0.3, -0.25) is 0 Å². The Balaban J connectivity index is 3.53. The van der Waals surface area contributed by atoms with Gasteiger partial charge in [0.1, 0.15) is 11.3 Å². The maximum absolute atomic E-state index is 10.7. The molecule has 0 spiro atoms. The smallest absolute Gasteiger partial charge is 0.339 e. The van der Waals surface area contributed by atoms with Gasteiger partial charge in [-0.05, 0) is 12.1 Å². The highest BCUT2D eigenvalue weighted by atomic mass is 35.5. The van der Waals surface area contributed by atoms with Crippen LogP contribution < -0.4 is 0 Å². The molecule has 0 aliphatic rings. The molecule has 0 aliphatic carbocycles. The van der Waals surface area contributed by atoms with Gasteiger partial charge in [-0.25, -0.2) is 4.79 Å². The molecule has 0 aromatic heterocycles. The number of rotatable bonds is 2. The Morgan fingerprint density at radius 1 is 1.57 bits per heavy atom. The Labute approximate surface area is 85.0 Å². The molecule has 0 unspecified atom stereocenters. The lowest BCUT2D eigenvalue weighted by Crippen LogP contribution is -2.03. The summed E-state index contributed by atoms with van der Waals surface area (Å²) >= 11 is 5.51. The Morgan fingerprint density at radius 3 is 2.64 bits per heavy atom. The van der Waals surface area contributed by atoms with Crippen molar-refractivity contribution in [2.45, 2.75) is 5.88 Å². The fourth-order valence-electron chi connectivity index (χ4n) is 1.12. The van der Waals surface area contributed by atoms with Crippen LogP contribution in [-0.4, -0.2) is 16.2 Å². The van der Waals surface area contributed by atoms with Crippen LogP contribution >= 0.6 is 11.6 Å². The molecule has 0 heterocycles. The third-order valence-corrected chi connectivity index (χ3v) is 2.03. The molecule has 2 N–H and O–H groups in total. The molecule has 4 nitrogen and oxygen atoms in total. The van der Waals surface area contributed by atoms with Crippen molar-refractivity contribution in [2.75, 3.05) is 0 Å². The number of aromatic hydroxyl groups is 1. The maximum Gasteiger partial charge on any atom is 0.339 e. The van der Waals surface area contributed by atoms with E-state index in [0.29, 0.717) is 0 Å². The molecule has 1 rings (SSSR count). The van der Waals surface area contributed by atoms with E-state index >= 15 is 0 Å². The fraction of sp³-hybridized carbons (Fsp3) is 0.111. The highest BCUT2D eigenvalue weighted by Crippen LogP contribution is 2.25. The van der Waals surface area contributed by atoms with Crippen molar-refractivity contribution >= 4 is 17.6 Å². The predicted octanol–water partition coefficient (Wildman–Crippen LogP) is 1.70. The summed E-state index contributed by atoms with van der Waals surface area (Å²) in [4.78, 5) is 10.7. The van der Waals surface area contributed by atoms with E-state index in [9.17, 15) is 9.90 Å². The Bertz CT molecular complexity index is 423. The van der Waals surface area contributed by atoms with Gasteiger partial charge in [0.15, 0.2) is 0 Å². The summed E-state index contributed by atoms with van der Waals surface area (Å²) in [5.41, 5.74) is -0.00378. The first kappa shape index (κ1) is 10.4. The van der Waals surface area contributed by atoms with E-state index in [1.54, 1.807) is 0 Å². The minimum atomic E-state index is -1.30. The second-order valence-electron chi connectivity index (χ2n) is 2.54. The lowest BCUT2D eigenvalue weighted by Gasteiger charge is -2.06. The van der Waals surface area contributed by atoms with E-state index in [4.69, 9.17) is 22.0 Å². The molecule has 72 valence electrons. The van der Waals surface area contributed by atoms with Gasteiger partial charge >= 0.3 is 5.97 Å². The summed E-state index contributed by atoms with van der Waals surface area (Å²) in [7, 11) is 0. The molecule has 0 radical (unpaired) electrons. The van der Waals surface area contributed by atoms with Crippen LogP contribution in [0, 0.1) is 11.3 Å². The van der Waals surface area contributed by atoms with Crippen molar-refractivity contribution in [3.8, 4) is 11.8 Å². The summed E-state index contributed by atoms with van der Waals surface area (Å²) in [5.74, 6) is -1.80. The van der Waals surface area contributed by atoms with Gasteiger partial charge in [0.25, 0.3) is 0 Å². The molecule has 5 heteroatoms. The second-order valence-corrected chi connectivity index (χ2v) is 2.80. The number of aromatic carboxylic acids is 1. The quantitative estimate of drug-likeness (QED) is 0.730. The summed E-state index contributed by atoms with van der Waals surface area (Å²) in [6, 6.07) is 4.31. The molecule has 0 atom stereocenters. The number of carboxylic acids is 1. The lowest BCUT2D eigenvalue weighted by molar-refractivity contribution is 0.0692. The highest BCUT2D eigenvalue weighted by molar-refractivity contribution is 6.18. The number of hydrogen-bond acceptors (Lipinski definition) is 3. The van der Waals surface area contributed by atoms with Crippen molar-refractivity contribution in [3.05, 3.63) is 28.8 Å². The Morgan fingerprint density at radius 2 is 2.21 bits per heavy atom. The first-order valence-corrected chi connectivity index (χ1v) is 4.19. The molecule has 0 bridgehead atoms. The minimum Gasteiger partial charge on any atom is -0.507 e. The maximum atomic E-state index is 10.7. The SMILES string of the molecule is N#Cc1ccc(O)c(C(=O)O)c1CCl. The first-order valence-electron chi connectivity index (χ1n) is 3.66. The van der Waals surface area contributed by atoms with Crippen LogP contribution in [0.4, 0.5) is 0 Å². The Kier molecular flexibility index (Phi) is 2.95. The van der Waals surface area contributed by atoms with Crippen LogP contribution in [0.2, 0.25) is 0 Å². The zero-order valence-electron chi connectivity index (χ0n) is 6.99. The molecule has 0 saturated heterocycles. The van der Waals surface area contributed by atoms with Gasteiger partial charge in [0, 0.05) is 11.4 Å². The van der Waals surface area contributed by atoms with Gasteiger partial charge in [0.05, 0.1) is 11.6 Å². The molecule has 0 amide bonds. The third-order valence-electron chi connectivity index (χ3n) is 1.76. The van der Waals surface area contributed by atoms with E-state index in [1.807, 2.05) is 6.07 Å². The van der Waals surface area contributed by atoms with Gasteiger partial charge in [-0.1, -0.05) is 0 Å². The van der Waals surface area contributed by atoms with E-state index in [-0.39, 0.29) is 28.3 Å². The standard InChI is InChI=1S/C9H6ClNO3/c10-3-6-5(4-11)1-2-7(12)8(6)9(13)14/h1-2,12H,3H2,(H,13,14). The number of nitriles is 1. The number of benzene rings is 1. The topological polar surface area (TPSA) is 81.3 Å². The van der Waals surface area contributed by atoms with E-state index in [1.165, 1.54) is 6.07 Å². The van der Waals surface area contributed by atoms with Crippen LogP contribution in [0.5, 0.6) is 5.75 Å². The number of carbonyl (C=O) groups is 1. The van der Waals surface area contributed by atoms with Crippen molar-refractivity contribution in [2.24, 2.45) is 0 Å². The van der Waals surface area contributed by atoms with Crippen molar-refractivity contribution < 1.29 is 15.0 Å². The first-order chi connectivity index (χ1) is 6.61. The van der Waals surface area contributed by atoms with Crippen molar-refractivity contribution in [3.63, 3.8) is 0 Å². The number of halogens is 1. The number of phenols is 1. The summed E-state index contributed by atoms with van der Waals surface area (Å²) in [6.07, 6.45) is 0. The largest absolute Gasteiger partial charge is 0.507 e. The highest BCUT2D eigenvalue weighted by Gasteiger charge is 2.17. The summed E-state index contributed by atoms with van der Waals surface area (Å²) in [6.45, 7) is 0. The van der Waals surface area contributed by atoms with Crippen LogP contribution in [0.3, 0.4) is 0 Å². The van der Waals surface area contributed by atoms with E-state index in [2.05, 4.69) is 0 Å². The van der Waals surface area contributed by atoms with E-state index in [0.717, 1.165) is 6.07 Å². The molecule has 0 saturated carbocycles. The molecular formula is C9H6ClNO3. The monoisotopic (exact) mass is 211 g/mol. The number of nitrogens with zero attached hydrogens (tertiary/aromatic N) is 1. The summed E-state index contributed by atoms with van der Waals surface area (Å²) < 4.78 is 0. The van der Waals surface area contributed by atoms with Gasteiger partial charge in [0.2, 0.25) is 0 Å². The normalized spacial score (nSPS) is 9.43. The van der Waals surface area contributed by atoms with Gasteiger partial charge < -0.3 is 10.2 Å². The predicted molar refractivity (Wildman–Crippen MR) is 49.3 cm³/mol. The third kappa shape index (κ3) is 1.63. The number of alkyl halides is 1. The van der Waals surface area contributed by atoms with Gasteiger partial charge in [-0.15, -0.1) is 11.6 Å². The minimum absolute atomic E-state index is 0.126. The van der Waals surface area contributed by atoms with Crippen molar-refractivity contribution in [1.82, 2.24) is 0 Å². The molecule has 14 heavy (non-hydrogen) atoms. The average Bonchev–Trinajstić information content (AvgIpc) is 2.16. The fourth-order valence-corrected chi connectivity index (χ4v) is 1.40. The Hall–Kier alpha value is -1.73. The average molecular weight is 212 g/mol. The van der Waals surface area contributed by atoms with E-state index < -0.39 is 5.97 Å². The van der Waals surface area contributed by atoms with Crippen LogP contribution in [0.15, 0.2) is 12.1 Å². The zero-order valence-corrected chi connectivity index (χ0v) is 7.75. The van der Waals surface area contributed by atoms with Crippen LogP contribution in [0.25, 0.3) is 0 Å². The van der Waals surface area contributed by atoms with Crippen molar-refractivity contribution in [1.29, 1.82) is 5.26 Å². The summed E-state index contributed by atoms with van der Waals surface area (Å²) in [5, 5.41) is 26.7. The zero-order chi connectivity index (χ0) is 10.7. The molecule has 1 aromatic carbocycles.